The number of nitrogens with one attached hydrogen (secondary N) is 2. The van der Waals surface area contributed by atoms with Crippen molar-refractivity contribution in [1.29, 1.82) is 0 Å². The molecular weight excluding hydrogens is 432 g/mol. The number of nitrogens with zero attached hydrogens (tertiary/aromatic N) is 4. The van der Waals surface area contributed by atoms with Crippen LogP contribution in [0.2, 0.25) is 5.02 Å². The molecule has 2 heterocycles. The average molecular weight is 453 g/mol. The highest BCUT2D eigenvalue weighted by molar-refractivity contribution is 7.84. The second kappa shape index (κ2) is 8.44. The number of halogens is 1. The van der Waals surface area contributed by atoms with Gasteiger partial charge in [0.25, 0.3) is 0 Å². The fourth-order valence-corrected chi connectivity index (χ4v) is 4.46. The second-order valence-corrected chi connectivity index (χ2v) is 8.98. The third kappa shape index (κ3) is 4.40. The summed E-state index contributed by atoms with van der Waals surface area (Å²) < 4.78 is 31.9. The normalized spacial score (nSPS) is 21.9. The predicted molar refractivity (Wildman–Crippen MR) is 111 cm³/mol. The third-order valence-corrected chi connectivity index (χ3v) is 6.43. The maximum Gasteiger partial charge on any atom is 0.335 e. The summed E-state index contributed by atoms with van der Waals surface area (Å²) in [4.78, 5) is 13.1. The van der Waals surface area contributed by atoms with Crippen LogP contribution >= 0.6 is 11.6 Å². The van der Waals surface area contributed by atoms with Crippen LogP contribution in [-0.2, 0) is 21.0 Å². The maximum atomic E-state index is 11.7. The van der Waals surface area contributed by atoms with Crippen LogP contribution in [0.1, 0.15) is 24.4 Å². The Hall–Kier alpha value is -2.31. The van der Waals surface area contributed by atoms with Gasteiger partial charge < -0.3 is 15.0 Å². The molecule has 1 saturated carbocycles. The van der Waals surface area contributed by atoms with Crippen LogP contribution in [0.15, 0.2) is 36.9 Å². The first-order valence-corrected chi connectivity index (χ1v) is 11.1. The van der Waals surface area contributed by atoms with E-state index >= 15 is 0 Å². The van der Waals surface area contributed by atoms with E-state index in [9.17, 15) is 13.5 Å². The van der Waals surface area contributed by atoms with E-state index in [2.05, 4.69) is 29.2 Å². The Bertz CT molecular complexity index is 1140. The van der Waals surface area contributed by atoms with E-state index in [0.717, 1.165) is 12.7 Å². The molecular formula is C18H21ClN6O4S. The fourth-order valence-electron chi connectivity index (χ4n) is 3.61. The summed E-state index contributed by atoms with van der Waals surface area (Å²) >= 11 is 5.92. The molecule has 1 aliphatic rings. The van der Waals surface area contributed by atoms with Gasteiger partial charge in [0, 0.05) is 17.6 Å². The van der Waals surface area contributed by atoms with Crippen LogP contribution < -0.4 is 10.0 Å². The van der Waals surface area contributed by atoms with Crippen molar-refractivity contribution < 1.29 is 17.7 Å². The van der Waals surface area contributed by atoms with E-state index in [1.165, 1.54) is 6.33 Å². The highest BCUT2D eigenvalue weighted by Gasteiger charge is 2.37. The number of rotatable bonds is 7. The summed E-state index contributed by atoms with van der Waals surface area (Å²) in [7, 11) is -2.82. The Labute approximate surface area is 178 Å². The van der Waals surface area contributed by atoms with Crippen molar-refractivity contribution in [3.05, 3.63) is 47.5 Å². The maximum absolute atomic E-state index is 11.7. The van der Waals surface area contributed by atoms with Gasteiger partial charge in [-0.1, -0.05) is 23.7 Å². The zero-order chi connectivity index (χ0) is 21.3. The molecule has 0 unspecified atom stereocenters. The number of hydrogen-bond donors (Lipinski definition) is 3. The number of aliphatic hydroxyl groups is 1. The summed E-state index contributed by atoms with van der Waals surface area (Å²) in [5.74, 6) is 0.587. The molecule has 3 aromatic rings. The minimum absolute atomic E-state index is 0.173. The Kier molecular flexibility index (Phi) is 5.89. The highest BCUT2D eigenvalue weighted by atomic mass is 35.5. The molecule has 1 aliphatic carbocycles. The number of hydrogen-bond acceptors (Lipinski definition) is 8. The van der Waals surface area contributed by atoms with Crippen molar-refractivity contribution in [2.24, 2.45) is 0 Å². The van der Waals surface area contributed by atoms with Gasteiger partial charge in [0.1, 0.15) is 11.8 Å². The Balaban J connectivity index is 1.52. The van der Waals surface area contributed by atoms with Crippen LogP contribution in [-0.4, -0.2) is 52.3 Å². The van der Waals surface area contributed by atoms with Crippen molar-refractivity contribution >= 4 is 38.9 Å². The molecule has 0 aliphatic heterocycles. The average Bonchev–Trinajstić information content (AvgIpc) is 3.31. The van der Waals surface area contributed by atoms with Gasteiger partial charge in [-0.05, 0) is 30.5 Å². The smallest absolute Gasteiger partial charge is 0.335 e. The van der Waals surface area contributed by atoms with Crippen molar-refractivity contribution in [2.45, 2.75) is 37.6 Å². The van der Waals surface area contributed by atoms with Crippen LogP contribution in [0.4, 0.5) is 5.82 Å². The van der Waals surface area contributed by atoms with E-state index in [0.29, 0.717) is 41.4 Å². The molecule has 12 heteroatoms. The monoisotopic (exact) mass is 452 g/mol. The number of imidazole rings is 1. The quantitative estimate of drug-likeness (QED) is 0.493. The number of anilines is 1. The minimum Gasteiger partial charge on any atom is -0.391 e. The molecule has 0 saturated heterocycles. The zero-order valence-corrected chi connectivity index (χ0v) is 17.6. The summed E-state index contributed by atoms with van der Waals surface area (Å²) in [6.07, 6.45) is 2.98. The number of benzene rings is 1. The predicted octanol–water partition coefficient (Wildman–Crippen LogP) is 1.64. The van der Waals surface area contributed by atoms with E-state index in [-0.39, 0.29) is 6.04 Å². The number of aromatic nitrogens is 4. The van der Waals surface area contributed by atoms with E-state index in [1.54, 1.807) is 6.33 Å². The summed E-state index contributed by atoms with van der Waals surface area (Å²) in [6, 6.07) is 6.67. The molecule has 0 radical (unpaired) electrons. The largest absolute Gasteiger partial charge is 0.391 e. The van der Waals surface area contributed by atoms with Gasteiger partial charge in [0.05, 0.1) is 25.6 Å². The molecule has 0 amide bonds. The van der Waals surface area contributed by atoms with E-state index in [4.69, 9.17) is 11.6 Å². The first-order valence-electron chi connectivity index (χ1n) is 9.28. The SMILES string of the molecule is COS(=O)(=O)N[C@H]1C[C@@H](n2cnc3c(NCc4ccc(Cl)cc4)ncnc32)C[C@@H]1O. The van der Waals surface area contributed by atoms with Gasteiger partial charge in [0.15, 0.2) is 11.5 Å². The number of aliphatic hydroxyl groups excluding tert-OH is 1. The lowest BCUT2D eigenvalue weighted by Gasteiger charge is -2.15. The summed E-state index contributed by atoms with van der Waals surface area (Å²) in [5.41, 5.74) is 2.25. The van der Waals surface area contributed by atoms with Crippen molar-refractivity contribution in [3.63, 3.8) is 0 Å². The highest BCUT2D eigenvalue weighted by Crippen LogP contribution is 2.33. The van der Waals surface area contributed by atoms with E-state index in [1.807, 2.05) is 28.8 Å². The van der Waals surface area contributed by atoms with Gasteiger partial charge in [0.2, 0.25) is 0 Å². The van der Waals surface area contributed by atoms with Crippen molar-refractivity contribution in [3.8, 4) is 0 Å². The first-order chi connectivity index (χ1) is 14.4. The summed E-state index contributed by atoms with van der Waals surface area (Å²) in [5, 5.41) is 14.2. The molecule has 0 spiro atoms. The topological polar surface area (TPSA) is 131 Å². The number of fused-ring (bicyclic) bond motifs is 1. The van der Waals surface area contributed by atoms with Gasteiger partial charge >= 0.3 is 10.3 Å². The van der Waals surface area contributed by atoms with Gasteiger partial charge in [-0.2, -0.15) is 13.1 Å². The Morgan fingerprint density at radius 1 is 1.23 bits per heavy atom. The second-order valence-electron chi connectivity index (χ2n) is 7.06. The molecule has 1 fully saturated rings. The fraction of sp³-hybridized carbons (Fsp3) is 0.389. The molecule has 4 rings (SSSR count). The van der Waals surface area contributed by atoms with E-state index < -0.39 is 22.4 Å². The molecule has 30 heavy (non-hydrogen) atoms. The Morgan fingerprint density at radius 2 is 2.00 bits per heavy atom. The van der Waals surface area contributed by atoms with Crippen LogP contribution in [0.25, 0.3) is 11.2 Å². The van der Waals surface area contributed by atoms with Gasteiger partial charge in [-0.3, -0.25) is 4.18 Å². The van der Waals surface area contributed by atoms with Gasteiger partial charge in [-0.15, -0.1) is 0 Å². The summed E-state index contributed by atoms with van der Waals surface area (Å²) in [6.45, 7) is 0.541. The lowest BCUT2D eigenvalue weighted by molar-refractivity contribution is 0.154. The molecule has 0 bridgehead atoms. The molecule has 2 aromatic heterocycles. The molecule has 1 aromatic carbocycles. The molecule has 160 valence electrons. The van der Waals surface area contributed by atoms with Gasteiger partial charge in [-0.25, -0.2) is 15.0 Å². The van der Waals surface area contributed by atoms with Crippen molar-refractivity contribution in [2.75, 3.05) is 12.4 Å². The molecule has 3 N–H and O–H groups in total. The lowest BCUT2D eigenvalue weighted by atomic mass is 10.2. The Morgan fingerprint density at radius 3 is 2.73 bits per heavy atom. The standard InChI is InChI=1S/C18H21ClN6O4S/c1-29-30(27,28)24-14-6-13(7-15(14)26)25-10-23-16-17(21-9-22-18(16)25)20-8-11-2-4-12(19)5-3-11/h2-5,9-10,13-15,24,26H,6-8H2,1H3,(H,20,21,22)/t13-,14+,15+/m1/s1. The van der Waals surface area contributed by atoms with Crippen LogP contribution in [0.3, 0.4) is 0 Å². The van der Waals surface area contributed by atoms with Crippen molar-refractivity contribution in [1.82, 2.24) is 24.2 Å². The first kappa shape index (κ1) is 20.9. The molecule has 3 atom stereocenters. The minimum atomic E-state index is -3.89. The van der Waals surface area contributed by atoms with Crippen LogP contribution in [0.5, 0.6) is 0 Å². The zero-order valence-electron chi connectivity index (χ0n) is 16.1. The lowest BCUT2D eigenvalue weighted by Crippen LogP contribution is -2.40. The van der Waals surface area contributed by atoms with Crippen LogP contribution in [0, 0.1) is 0 Å². The third-order valence-electron chi connectivity index (χ3n) is 5.14. The molecule has 10 nitrogen and oxygen atoms in total.